The topological polar surface area (TPSA) is 109 Å². The van der Waals surface area contributed by atoms with Gasteiger partial charge in [0, 0.05) is 12.6 Å². The van der Waals surface area contributed by atoms with E-state index in [1.807, 2.05) is 5.32 Å². The second-order valence-corrected chi connectivity index (χ2v) is 7.03. The van der Waals surface area contributed by atoms with E-state index in [2.05, 4.69) is 0 Å². The van der Waals surface area contributed by atoms with Crippen molar-refractivity contribution in [3.05, 3.63) is 51.1 Å². The predicted molar refractivity (Wildman–Crippen MR) is 99.1 cm³/mol. The number of halogens is 3. The van der Waals surface area contributed by atoms with Gasteiger partial charge in [0.2, 0.25) is 0 Å². The Kier molecular flexibility index (Phi) is 5.09. The number of amides is 1. The summed E-state index contributed by atoms with van der Waals surface area (Å²) in [4.78, 5) is 34.4. The lowest BCUT2D eigenvalue weighted by atomic mass is 10.0. The quantitative estimate of drug-likeness (QED) is 0.595. The average Bonchev–Trinajstić information content (AvgIpc) is 3.07. The molecule has 3 N–H and O–H groups in total. The van der Waals surface area contributed by atoms with Gasteiger partial charge in [-0.25, -0.2) is 0 Å². The fourth-order valence-electron chi connectivity index (χ4n) is 2.91. The van der Waals surface area contributed by atoms with Gasteiger partial charge in [-0.1, -0.05) is 30.3 Å². The van der Waals surface area contributed by atoms with Gasteiger partial charge in [0.15, 0.2) is 5.75 Å². The fraction of sp³-hybridized carbons (Fsp3) is 0.167. The zero-order valence-corrected chi connectivity index (χ0v) is 15.5. The number of carbonyl (C=O) groups excluding carboxylic acids is 1. The van der Waals surface area contributed by atoms with Gasteiger partial charge in [-0.3, -0.25) is 14.4 Å². The molecular weight excluding hydrogens is 413 g/mol. The number of carbonyl (C=O) groups is 2. The second kappa shape index (κ2) is 7.24. The molecule has 11 heteroatoms. The van der Waals surface area contributed by atoms with Gasteiger partial charge in [-0.2, -0.15) is 13.2 Å². The molecule has 0 saturated carbocycles. The van der Waals surface area contributed by atoms with Crippen molar-refractivity contribution in [1.82, 2.24) is 9.88 Å². The molecule has 152 valence electrons. The normalized spacial score (nSPS) is 11.6. The van der Waals surface area contributed by atoms with Crippen LogP contribution in [0.15, 0.2) is 35.1 Å². The van der Waals surface area contributed by atoms with E-state index in [1.165, 1.54) is 31.3 Å². The number of nitrogens with one attached hydrogen (secondary N) is 1. The van der Waals surface area contributed by atoms with Crippen molar-refractivity contribution in [2.75, 3.05) is 6.54 Å². The summed E-state index contributed by atoms with van der Waals surface area (Å²) in [6, 6.07) is 7.56. The summed E-state index contributed by atoms with van der Waals surface area (Å²) >= 11 is 0.200. The standard InChI is InChI=1S/C18H13F3N2O5S/c1-23-12-10(8-5-3-2-4-6-8)15(18(19,20)21)29-14(12)13(26)11(17(23)28)16(27)22-7-9(24)25/h2-6,26H,7H2,1H3,(H,22,27)(H,24,25). The maximum atomic E-state index is 13.7. The Morgan fingerprint density at radius 3 is 2.38 bits per heavy atom. The van der Waals surface area contributed by atoms with Crippen molar-refractivity contribution in [1.29, 1.82) is 0 Å². The first kappa shape index (κ1) is 20.4. The van der Waals surface area contributed by atoms with Gasteiger partial charge in [0.1, 0.15) is 17.0 Å². The summed E-state index contributed by atoms with van der Waals surface area (Å²) in [5, 5.41) is 21.0. The predicted octanol–water partition coefficient (Wildman–Crippen LogP) is 2.81. The SMILES string of the molecule is Cn1c(=O)c(C(=O)NCC(=O)O)c(O)c2sc(C(F)(F)F)c(-c3ccccc3)c21. The number of aromatic nitrogens is 1. The van der Waals surface area contributed by atoms with Crippen LogP contribution in [0.4, 0.5) is 13.2 Å². The van der Waals surface area contributed by atoms with Crippen LogP contribution in [-0.4, -0.2) is 33.2 Å². The van der Waals surface area contributed by atoms with E-state index >= 15 is 0 Å². The van der Waals surface area contributed by atoms with Gasteiger partial charge in [0.25, 0.3) is 11.5 Å². The molecular formula is C18H13F3N2O5S. The molecule has 7 nitrogen and oxygen atoms in total. The maximum absolute atomic E-state index is 13.7. The van der Waals surface area contributed by atoms with Gasteiger partial charge in [-0.05, 0) is 5.56 Å². The van der Waals surface area contributed by atoms with Crippen LogP contribution < -0.4 is 10.9 Å². The number of carboxylic acids is 1. The first-order valence-corrected chi connectivity index (χ1v) is 8.86. The Labute approximate surface area is 164 Å². The molecule has 3 aromatic rings. The number of pyridine rings is 1. The molecule has 0 aliphatic rings. The number of aliphatic carboxylic acids is 1. The van der Waals surface area contributed by atoms with E-state index in [-0.39, 0.29) is 32.7 Å². The largest absolute Gasteiger partial charge is 0.505 e. The highest BCUT2D eigenvalue weighted by atomic mass is 32.1. The Morgan fingerprint density at radius 2 is 1.83 bits per heavy atom. The monoisotopic (exact) mass is 426 g/mol. The lowest BCUT2D eigenvalue weighted by molar-refractivity contribution is -0.136. The van der Waals surface area contributed by atoms with Crippen LogP contribution >= 0.6 is 11.3 Å². The number of alkyl halides is 3. The first-order chi connectivity index (χ1) is 13.5. The minimum absolute atomic E-state index is 0.175. The third-order valence-electron chi connectivity index (χ3n) is 4.14. The number of benzene rings is 1. The number of rotatable bonds is 4. The smallest absolute Gasteiger partial charge is 0.426 e. The Morgan fingerprint density at radius 1 is 1.21 bits per heavy atom. The zero-order chi connectivity index (χ0) is 21.5. The summed E-state index contributed by atoms with van der Waals surface area (Å²) in [6.45, 7) is -0.826. The third kappa shape index (κ3) is 3.56. The number of nitrogens with zero attached hydrogens (tertiary/aromatic N) is 1. The second-order valence-electron chi connectivity index (χ2n) is 6.01. The summed E-state index contributed by atoms with van der Waals surface area (Å²) in [7, 11) is 1.18. The Hall–Kier alpha value is -3.34. The number of fused-ring (bicyclic) bond motifs is 1. The average molecular weight is 426 g/mol. The maximum Gasteiger partial charge on any atom is 0.426 e. The van der Waals surface area contributed by atoms with Crippen LogP contribution in [0.25, 0.3) is 21.3 Å². The van der Waals surface area contributed by atoms with Crippen LogP contribution in [0.1, 0.15) is 15.2 Å². The molecule has 0 bridgehead atoms. The third-order valence-corrected chi connectivity index (χ3v) is 5.37. The molecule has 0 atom stereocenters. The van der Waals surface area contributed by atoms with Gasteiger partial charge < -0.3 is 20.1 Å². The van der Waals surface area contributed by atoms with Gasteiger partial charge >= 0.3 is 12.1 Å². The molecule has 1 aromatic carbocycles. The Bertz CT molecular complexity index is 1180. The van der Waals surface area contributed by atoms with E-state index in [9.17, 15) is 32.7 Å². The summed E-state index contributed by atoms with van der Waals surface area (Å²) in [5.74, 6) is -3.52. The van der Waals surface area contributed by atoms with Crippen LogP contribution in [0.3, 0.4) is 0 Å². The van der Waals surface area contributed by atoms with E-state index in [4.69, 9.17) is 5.11 Å². The molecule has 29 heavy (non-hydrogen) atoms. The number of hydrogen-bond donors (Lipinski definition) is 3. The lowest BCUT2D eigenvalue weighted by Crippen LogP contribution is -2.35. The number of hydrogen-bond acceptors (Lipinski definition) is 5. The van der Waals surface area contributed by atoms with Crippen molar-refractivity contribution < 1.29 is 33.0 Å². The highest BCUT2D eigenvalue weighted by Gasteiger charge is 2.39. The van der Waals surface area contributed by atoms with Crippen LogP contribution in [0.5, 0.6) is 5.75 Å². The molecule has 2 aromatic heterocycles. The molecule has 2 heterocycles. The van der Waals surface area contributed by atoms with Crippen LogP contribution in [0.2, 0.25) is 0 Å². The van der Waals surface area contributed by atoms with Crippen molar-refractivity contribution in [2.45, 2.75) is 6.18 Å². The molecule has 0 unspecified atom stereocenters. The van der Waals surface area contributed by atoms with E-state index in [1.54, 1.807) is 6.07 Å². The van der Waals surface area contributed by atoms with Gasteiger partial charge in [-0.15, -0.1) is 11.3 Å². The van der Waals surface area contributed by atoms with Crippen molar-refractivity contribution >= 4 is 33.4 Å². The zero-order valence-electron chi connectivity index (χ0n) is 14.7. The molecule has 0 aliphatic carbocycles. The van der Waals surface area contributed by atoms with Crippen LogP contribution in [0, 0.1) is 0 Å². The summed E-state index contributed by atoms with van der Waals surface area (Å²) in [5.41, 5.74) is -2.16. The van der Waals surface area contributed by atoms with E-state index < -0.39 is 46.3 Å². The van der Waals surface area contributed by atoms with Gasteiger partial charge in [0.05, 0.1) is 10.2 Å². The molecule has 0 saturated heterocycles. The number of aromatic hydroxyl groups is 1. The molecule has 0 radical (unpaired) electrons. The summed E-state index contributed by atoms with van der Waals surface area (Å²) in [6.07, 6.45) is -4.77. The Balaban J connectivity index is 2.37. The molecule has 0 aliphatic heterocycles. The van der Waals surface area contributed by atoms with Crippen molar-refractivity contribution in [3.63, 3.8) is 0 Å². The minimum Gasteiger partial charge on any atom is -0.505 e. The number of aryl methyl sites for hydroxylation is 1. The molecule has 0 fully saturated rings. The van der Waals surface area contributed by atoms with Crippen molar-refractivity contribution in [2.24, 2.45) is 7.05 Å². The molecule has 3 rings (SSSR count). The highest BCUT2D eigenvalue weighted by Crippen LogP contribution is 2.49. The first-order valence-electron chi connectivity index (χ1n) is 8.05. The fourth-order valence-corrected chi connectivity index (χ4v) is 4.08. The van der Waals surface area contributed by atoms with Crippen LogP contribution in [-0.2, 0) is 18.0 Å². The number of thiophene rings is 1. The van der Waals surface area contributed by atoms with E-state index in [0.29, 0.717) is 0 Å². The molecule has 1 amide bonds. The summed E-state index contributed by atoms with van der Waals surface area (Å²) < 4.78 is 41.6. The highest BCUT2D eigenvalue weighted by molar-refractivity contribution is 7.20. The molecule has 0 spiro atoms. The number of carboxylic acid groups (broad SMARTS) is 1. The van der Waals surface area contributed by atoms with Crippen molar-refractivity contribution in [3.8, 4) is 16.9 Å². The minimum atomic E-state index is -4.77. The lowest BCUT2D eigenvalue weighted by Gasteiger charge is -2.11. The van der Waals surface area contributed by atoms with E-state index in [0.717, 1.165) is 4.57 Å².